The maximum absolute atomic E-state index is 6.19. The monoisotopic (exact) mass is 288 g/mol. The van der Waals surface area contributed by atoms with Crippen LogP contribution in [0, 0.1) is 5.92 Å². The minimum absolute atomic E-state index is 0.115. The first kappa shape index (κ1) is 16.0. The summed E-state index contributed by atoms with van der Waals surface area (Å²) in [5, 5.41) is 0. The minimum atomic E-state index is 0.115. The van der Waals surface area contributed by atoms with Gasteiger partial charge in [-0.2, -0.15) is 0 Å². The van der Waals surface area contributed by atoms with Gasteiger partial charge in [0.1, 0.15) is 0 Å². The maximum atomic E-state index is 6.19. The van der Waals surface area contributed by atoms with Crippen LogP contribution >= 0.6 is 22.9 Å². The summed E-state index contributed by atoms with van der Waals surface area (Å²) in [5.41, 5.74) is 6.19. The predicted molar refractivity (Wildman–Crippen MR) is 82.4 cm³/mol. The van der Waals surface area contributed by atoms with Gasteiger partial charge in [0, 0.05) is 17.5 Å². The van der Waals surface area contributed by atoms with E-state index in [-0.39, 0.29) is 12.1 Å². The fraction of sp³-hybridized carbons (Fsp3) is 0.714. The highest BCUT2D eigenvalue weighted by Crippen LogP contribution is 2.32. The summed E-state index contributed by atoms with van der Waals surface area (Å²) in [7, 11) is 0. The predicted octanol–water partition coefficient (Wildman–Crippen LogP) is 4.16. The van der Waals surface area contributed by atoms with E-state index in [0.717, 1.165) is 17.4 Å². The van der Waals surface area contributed by atoms with Crippen molar-refractivity contribution in [1.29, 1.82) is 0 Å². The molecule has 0 radical (unpaired) electrons. The van der Waals surface area contributed by atoms with Crippen molar-refractivity contribution in [1.82, 2.24) is 4.90 Å². The fourth-order valence-corrected chi connectivity index (χ4v) is 3.54. The van der Waals surface area contributed by atoms with Crippen LogP contribution in [0.3, 0.4) is 0 Å². The lowest BCUT2D eigenvalue weighted by Gasteiger charge is -2.34. The number of rotatable bonds is 7. The van der Waals surface area contributed by atoms with Gasteiger partial charge in [-0.05, 0) is 31.5 Å². The van der Waals surface area contributed by atoms with E-state index in [9.17, 15) is 0 Å². The van der Waals surface area contributed by atoms with Crippen molar-refractivity contribution in [2.24, 2.45) is 11.7 Å². The molecule has 0 fully saturated rings. The molecule has 2 nitrogen and oxygen atoms in total. The van der Waals surface area contributed by atoms with Crippen LogP contribution in [-0.2, 0) is 0 Å². The average molecular weight is 289 g/mol. The summed E-state index contributed by atoms with van der Waals surface area (Å²) in [6.07, 6.45) is 1.20. The number of halogens is 1. The van der Waals surface area contributed by atoms with Crippen LogP contribution in [0.2, 0.25) is 4.34 Å². The molecule has 0 spiro atoms. The van der Waals surface area contributed by atoms with Gasteiger partial charge >= 0.3 is 0 Å². The molecule has 0 saturated heterocycles. The molecule has 4 heteroatoms. The quantitative estimate of drug-likeness (QED) is 0.816. The first-order valence-electron chi connectivity index (χ1n) is 6.74. The molecule has 18 heavy (non-hydrogen) atoms. The molecule has 1 aromatic rings. The van der Waals surface area contributed by atoms with Crippen LogP contribution in [0.15, 0.2) is 12.1 Å². The molecule has 3 unspecified atom stereocenters. The van der Waals surface area contributed by atoms with E-state index in [2.05, 4.69) is 38.7 Å². The fourth-order valence-electron chi connectivity index (χ4n) is 2.23. The number of nitrogens with zero attached hydrogens (tertiary/aromatic N) is 1. The van der Waals surface area contributed by atoms with Crippen molar-refractivity contribution >= 4 is 22.9 Å². The van der Waals surface area contributed by atoms with E-state index < -0.39 is 0 Å². The Hall–Kier alpha value is -0.0900. The highest BCUT2D eigenvalue weighted by molar-refractivity contribution is 7.16. The van der Waals surface area contributed by atoms with Gasteiger partial charge < -0.3 is 5.73 Å². The number of thiophene rings is 1. The molecule has 0 aromatic carbocycles. The highest BCUT2D eigenvalue weighted by Gasteiger charge is 2.25. The highest BCUT2D eigenvalue weighted by atomic mass is 35.5. The Balaban J connectivity index is 2.88. The molecule has 2 N–H and O–H groups in total. The summed E-state index contributed by atoms with van der Waals surface area (Å²) >= 11 is 7.70. The van der Waals surface area contributed by atoms with Crippen molar-refractivity contribution in [3.05, 3.63) is 21.3 Å². The Labute approximate surface area is 120 Å². The minimum Gasteiger partial charge on any atom is -0.326 e. The van der Waals surface area contributed by atoms with Crippen LogP contribution in [0.1, 0.15) is 45.0 Å². The van der Waals surface area contributed by atoms with Gasteiger partial charge in [-0.1, -0.05) is 38.8 Å². The van der Waals surface area contributed by atoms with Crippen LogP contribution in [-0.4, -0.2) is 24.0 Å². The Kier molecular flexibility index (Phi) is 6.64. The summed E-state index contributed by atoms with van der Waals surface area (Å²) < 4.78 is 0.843. The summed E-state index contributed by atoms with van der Waals surface area (Å²) in [6.45, 7) is 10.9. The molecule has 0 saturated carbocycles. The van der Waals surface area contributed by atoms with Gasteiger partial charge in [0.2, 0.25) is 0 Å². The molecular formula is C14H25ClN2S. The SMILES string of the molecule is CCC(C)CN(CC)C(c1ccc(Cl)s1)C(C)N. The van der Waals surface area contributed by atoms with Crippen LogP contribution in [0.5, 0.6) is 0 Å². The average Bonchev–Trinajstić information content (AvgIpc) is 2.73. The number of likely N-dealkylation sites (N-methyl/N-ethyl adjacent to an activating group) is 1. The Morgan fingerprint density at radius 2 is 2.00 bits per heavy atom. The van der Waals surface area contributed by atoms with Gasteiger partial charge in [-0.3, -0.25) is 4.90 Å². The second-order valence-corrected chi connectivity index (χ2v) is 6.79. The molecule has 3 atom stereocenters. The Bertz CT molecular complexity index is 351. The second kappa shape index (κ2) is 7.49. The zero-order valence-electron chi connectivity index (χ0n) is 11.8. The van der Waals surface area contributed by atoms with Crippen molar-refractivity contribution in [3.8, 4) is 0 Å². The van der Waals surface area contributed by atoms with Crippen LogP contribution in [0.4, 0.5) is 0 Å². The largest absolute Gasteiger partial charge is 0.326 e. The number of hydrogen-bond donors (Lipinski definition) is 1. The van der Waals surface area contributed by atoms with Crippen molar-refractivity contribution in [2.75, 3.05) is 13.1 Å². The van der Waals surface area contributed by atoms with E-state index in [0.29, 0.717) is 5.92 Å². The van der Waals surface area contributed by atoms with Gasteiger partial charge in [0.15, 0.2) is 0 Å². The molecule has 0 bridgehead atoms. The summed E-state index contributed by atoms with van der Waals surface area (Å²) in [4.78, 5) is 3.75. The van der Waals surface area contributed by atoms with Gasteiger partial charge in [-0.25, -0.2) is 0 Å². The molecule has 0 amide bonds. The topological polar surface area (TPSA) is 29.3 Å². The van der Waals surface area contributed by atoms with Crippen molar-refractivity contribution in [3.63, 3.8) is 0 Å². The maximum Gasteiger partial charge on any atom is 0.0931 e. The zero-order chi connectivity index (χ0) is 13.7. The normalized spacial score (nSPS) is 16.8. The standard InChI is InChI=1S/C14H25ClN2S/c1-5-10(3)9-17(6-2)14(11(4)16)12-7-8-13(15)18-12/h7-8,10-11,14H,5-6,9,16H2,1-4H3. The second-order valence-electron chi connectivity index (χ2n) is 5.05. The molecule has 1 aromatic heterocycles. The third-order valence-electron chi connectivity index (χ3n) is 3.43. The summed E-state index contributed by atoms with van der Waals surface area (Å²) in [6, 6.07) is 4.47. The van der Waals surface area contributed by atoms with Gasteiger partial charge in [0.05, 0.1) is 10.4 Å². The molecule has 1 heterocycles. The van der Waals surface area contributed by atoms with E-state index in [4.69, 9.17) is 17.3 Å². The molecule has 0 aliphatic heterocycles. The first-order valence-corrected chi connectivity index (χ1v) is 7.93. The van der Waals surface area contributed by atoms with Gasteiger partial charge in [-0.15, -0.1) is 11.3 Å². The van der Waals surface area contributed by atoms with E-state index in [1.807, 2.05) is 6.07 Å². The van der Waals surface area contributed by atoms with E-state index >= 15 is 0 Å². The number of hydrogen-bond acceptors (Lipinski definition) is 3. The van der Waals surface area contributed by atoms with E-state index in [1.165, 1.54) is 11.3 Å². The van der Waals surface area contributed by atoms with E-state index in [1.54, 1.807) is 11.3 Å². The third kappa shape index (κ3) is 4.23. The summed E-state index contributed by atoms with van der Waals surface area (Å²) in [5.74, 6) is 0.696. The van der Waals surface area contributed by atoms with Crippen molar-refractivity contribution < 1.29 is 0 Å². The lowest BCUT2D eigenvalue weighted by Crippen LogP contribution is -2.41. The zero-order valence-corrected chi connectivity index (χ0v) is 13.4. The first-order chi connectivity index (χ1) is 8.49. The molecule has 0 aliphatic carbocycles. The Morgan fingerprint density at radius 3 is 2.39 bits per heavy atom. The molecule has 0 aliphatic rings. The smallest absolute Gasteiger partial charge is 0.0931 e. The Morgan fingerprint density at radius 1 is 1.33 bits per heavy atom. The van der Waals surface area contributed by atoms with Gasteiger partial charge in [0.25, 0.3) is 0 Å². The van der Waals surface area contributed by atoms with Crippen molar-refractivity contribution in [2.45, 2.75) is 46.2 Å². The third-order valence-corrected chi connectivity index (χ3v) is 4.73. The molecule has 104 valence electrons. The van der Waals surface area contributed by atoms with Crippen LogP contribution < -0.4 is 5.73 Å². The lowest BCUT2D eigenvalue weighted by atomic mass is 10.0. The lowest BCUT2D eigenvalue weighted by molar-refractivity contribution is 0.162. The van der Waals surface area contributed by atoms with Crippen LogP contribution in [0.25, 0.3) is 0 Å². The molecule has 1 rings (SSSR count). The molecular weight excluding hydrogens is 264 g/mol. The number of nitrogens with two attached hydrogens (primary N) is 1.